The quantitative estimate of drug-likeness (QED) is 0.589. The van der Waals surface area contributed by atoms with Gasteiger partial charge in [-0.1, -0.05) is 37.5 Å². The Labute approximate surface area is 152 Å². The van der Waals surface area contributed by atoms with Crippen molar-refractivity contribution in [3.05, 3.63) is 36.0 Å². The number of Topliss-reactive ketones (excluding diaryl/α,β-unsaturated/α-hetero) is 1. The summed E-state index contributed by atoms with van der Waals surface area (Å²) >= 11 is 0. The molecule has 6 heteroatoms. The molecule has 0 saturated heterocycles. The molecule has 1 aromatic carbocycles. The minimum Gasteiger partial charge on any atom is -0.481 e. The molecule has 0 unspecified atom stereocenters. The second-order valence-electron chi connectivity index (χ2n) is 6.98. The Bertz CT molecular complexity index is 805. The molecule has 6 nitrogen and oxygen atoms in total. The van der Waals surface area contributed by atoms with Gasteiger partial charge in [0.15, 0.2) is 0 Å². The van der Waals surface area contributed by atoms with Gasteiger partial charge in [-0.2, -0.15) is 0 Å². The van der Waals surface area contributed by atoms with Gasteiger partial charge in [0.05, 0.1) is 12.0 Å². The predicted molar refractivity (Wildman–Crippen MR) is 98.0 cm³/mol. The highest BCUT2D eigenvalue weighted by molar-refractivity contribution is 6.44. The molecular formula is C20H24N2O4. The van der Waals surface area contributed by atoms with Crippen LogP contribution in [0.3, 0.4) is 0 Å². The standard InChI is InChI=1S/C20H24N2O4/c23-18(24)10-11-22(13-14-6-2-1-3-7-14)20(26)19(25)16-12-21-17-9-5-4-8-15(16)17/h4-5,8-9,12,14,21H,1-3,6-7,10-11,13H2,(H,23,24). The third-order valence-electron chi connectivity index (χ3n) is 5.11. The van der Waals surface area contributed by atoms with Gasteiger partial charge in [-0.15, -0.1) is 0 Å². The lowest BCUT2D eigenvalue weighted by Gasteiger charge is -2.29. The zero-order valence-corrected chi connectivity index (χ0v) is 14.7. The number of ketones is 1. The molecule has 1 heterocycles. The van der Waals surface area contributed by atoms with Crippen molar-refractivity contribution in [2.24, 2.45) is 5.92 Å². The highest BCUT2D eigenvalue weighted by Crippen LogP contribution is 2.25. The van der Waals surface area contributed by atoms with E-state index in [2.05, 4.69) is 4.98 Å². The minimum absolute atomic E-state index is 0.0682. The largest absolute Gasteiger partial charge is 0.481 e. The van der Waals surface area contributed by atoms with E-state index in [4.69, 9.17) is 5.11 Å². The van der Waals surface area contributed by atoms with E-state index in [0.717, 1.165) is 31.2 Å². The molecule has 2 N–H and O–H groups in total. The molecule has 26 heavy (non-hydrogen) atoms. The van der Waals surface area contributed by atoms with Crippen molar-refractivity contribution in [3.63, 3.8) is 0 Å². The number of fused-ring (bicyclic) bond motifs is 1. The van der Waals surface area contributed by atoms with Crippen LogP contribution in [0.1, 0.15) is 48.9 Å². The highest BCUT2D eigenvalue weighted by Gasteiger charge is 2.28. The molecule has 1 saturated carbocycles. The van der Waals surface area contributed by atoms with E-state index in [9.17, 15) is 14.4 Å². The average molecular weight is 356 g/mol. The third kappa shape index (κ3) is 4.12. The molecule has 1 aliphatic rings. The van der Waals surface area contributed by atoms with Gasteiger partial charge in [-0.3, -0.25) is 14.4 Å². The lowest BCUT2D eigenvalue weighted by Crippen LogP contribution is -2.41. The van der Waals surface area contributed by atoms with Gasteiger partial charge in [0.1, 0.15) is 0 Å². The molecule has 1 amide bonds. The SMILES string of the molecule is O=C(O)CCN(CC1CCCCC1)C(=O)C(=O)c1c[nH]c2ccccc12. The van der Waals surface area contributed by atoms with Gasteiger partial charge < -0.3 is 15.0 Å². The van der Waals surface area contributed by atoms with E-state index in [-0.39, 0.29) is 13.0 Å². The monoisotopic (exact) mass is 356 g/mol. The number of aromatic nitrogens is 1. The fourth-order valence-corrected chi connectivity index (χ4v) is 3.71. The summed E-state index contributed by atoms with van der Waals surface area (Å²) in [4.78, 5) is 41.0. The average Bonchev–Trinajstić information content (AvgIpc) is 3.08. The second-order valence-corrected chi connectivity index (χ2v) is 6.98. The summed E-state index contributed by atoms with van der Waals surface area (Å²) < 4.78 is 0. The number of aliphatic carboxylic acids is 1. The van der Waals surface area contributed by atoms with E-state index in [1.54, 1.807) is 12.3 Å². The molecule has 0 radical (unpaired) electrons. The molecular weight excluding hydrogens is 332 g/mol. The molecule has 0 atom stereocenters. The van der Waals surface area contributed by atoms with Crippen LogP contribution < -0.4 is 0 Å². The Balaban J connectivity index is 1.78. The molecule has 1 aromatic heterocycles. The van der Waals surface area contributed by atoms with Gasteiger partial charge in [0.25, 0.3) is 11.7 Å². The smallest absolute Gasteiger partial charge is 0.305 e. The lowest BCUT2D eigenvalue weighted by molar-refractivity contribution is -0.138. The van der Waals surface area contributed by atoms with Crippen LogP contribution in [0.15, 0.2) is 30.5 Å². The Morgan fingerprint density at radius 2 is 1.85 bits per heavy atom. The van der Waals surface area contributed by atoms with Crippen LogP contribution in [0.5, 0.6) is 0 Å². The Hall–Kier alpha value is -2.63. The van der Waals surface area contributed by atoms with Crippen molar-refractivity contribution in [2.75, 3.05) is 13.1 Å². The van der Waals surface area contributed by atoms with E-state index in [1.165, 1.54) is 11.3 Å². The molecule has 0 aliphatic heterocycles. The number of aromatic amines is 1. The van der Waals surface area contributed by atoms with E-state index >= 15 is 0 Å². The summed E-state index contributed by atoms with van der Waals surface area (Å²) in [5.41, 5.74) is 1.14. The third-order valence-corrected chi connectivity index (χ3v) is 5.11. The number of para-hydroxylation sites is 1. The summed E-state index contributed by atoms with van der Waals surface area (Å²) in [5.74, 6) is -1.81. The number of amides is 1. The number of benzene rings is 1. The van der Waals surface area contributed by atoms with E-state index in [1.807, 2.05) is 18.2 Å². The zero-order valence-electron chi connectivity index (χ0n) is 14.7. The first-order valence-electron chi connectivity index (χ1n) is 9.18. The number of carboxylic acids is 1. The van der Waals surface area contributed by atoms with Gasteiger partial charge >= 0.3 is 5.97 Å². The number of H-pyrrole nitrogens is 1. The van der Waals surface area contributed by atoms with Crippen LogP contribution >= 0.6 is 0 Å². The van der Waals surface area contributed by atoms with Crippen molar-refractivity contribution < 1.29 is 19.5 Å². The van der Waals surface area contributed by atoms with Crippen molar-refractivity contribution in [2.45, 2.75) is 38.5 Å². The van der Waals surface area contributed by atoms with E-state index < -0.39 is 17.7 Å². The Morgan fingerprint density at radius 1 is 1.12 bits per heavy atom. The number of rotatable bonds is 7. The Morgan fingerprint density at radius 3 is 2.58 bits per heavy atom. The molecule has 3 rings (SSSR count). The summed E-state index contributed by atoms with van der Waals surface area (Å²) in [7, 11) is 0. The predicted octanol–water partition coefficient (Wildman–Crippen LogP) is 3.23. The molecule has 138 valence electrons. The van der Waals surface area contributed by atoms with Crippen LogP contribution in [-0.4, -0.2) is 45.7 Å². The summed E-state index contributed by atoms with van der Waals surface area (Å²) in [6, 6.07) is 7.33. The molecule has 0 bridgehead atoms. The lowest BCUT2D eigenvalue weighted by atomic mass is 9.88. The van der Waals surface area contributed by atoms with Gasteiger partial charge in [0.2, 0.25) is 0 Å². The fraction of sp³-hybridized carbons (Fsp3) is 0.450. The minimum atomic E-state index is -0.967. The fourth-order valence-electron chi connectivity index (χ4n) is 3.71. The Kier molecular flexibility index (Phi) is 5.71. The van der Waals surface area contributed by atoms with Crippen LogP contribution in [0.25, 0.3) is 10.9 Å². The zero-order chi connectivity index (χ0) is 18.5. The number of hydrogen-bond acceptors (Lipinski definition) is 3. The van der Waals surface area contributed by atoms with Crippen LogP contribution in [0, 0.1) is 5.92 Å². The van der Waals surface area contributed by atoms with Crippen molar-refractivity contribution >= 4 is 28.6 Å². The van der Waals surface area contributed by atoms with Gasteiger partial charge in [-0.25, -0.2) is 0 Å². The van der Waals surface area contributed by atoms with Gasteiger partial charge in [-0.05, 0) is 24.8 Å². The summed E-state index contributed by atoms with van der Waals surface area (Å²) in [6.45, 7) is 0.527. The molecule has 0 spiro atoms. The second kappa shape index (κ2) is 8.17. The molecule has 2 aromatic rings. The summed E-state index contributed by atoms with van der Waals surface area (Å²) in [6.07, 6.45) is 6.91. The van der Waals surface area contributed by atoms with E-state index in [0.29, 0.717) is 23.4 Å². The maximum absolute atomic E-state index is 12.8. The first-order chi connectivity index (χ1) is 12.6. The van der Waals surface area contributed by atoms with Crippen LogP contribution in [0.4, 0.5) is 0 Å². The highest BCUT2D eigenvalue weighted by atomic mass is 16.4. The first-order valence-corrected chi connectivity index (χ1v) is 9.18. The van der Waals surface area contributed by atoms with Crippen LogP contribution in [0.2, 0.25) is 0 Å². The number of carbonyl (C=O) groups excluding carboxylic acids is 2. The number of hydrogen-bond donors (Lipinski definition) is 2. The number of nitrogens with zero attached hydrogens (tertiary/aromatic N) is 1. The molecule has 1 fully saturated rings. The maximum Gasteiger partial charge on any atom is 0.305 e. The van der Waals surface area contributed by atoms with Crippen molar-refractivity contribution in [1.29, 1.82) is 0 Å². The summed E-state index contributed by atoms with van der Waals surface area (Å²) in [5, 5.41) is 9.70. The number of carbonyl (C=O) groups is 3. The topological polar surface area (TPSA) is 90.5 Å². The molecule has 1 aliphatic carbocycles. The van der Waals surface area contributed by atoms with Crippen LogP contribution in [-0.2, 0) is 9.59 Å². The van der Waals surface area contributed by atoms with Crippen molar-refractivity contribution in [3.8, 4) is 0 Å². The normalized spacial score (nSPS) is 15.1. The maximum atomic E-state index is 12.8. The van der Waals surface area contributed by atoms with Crippen molar-refractivity contribution in [1.82, 2.24) is 9.88 Å². The first kappa shape index (κ1) is 18.2. The van der Waals surface area contributed by atoms with Gasteiger partial charge in [0, 0.05) is 30.2 Å². The number of carboxylic acid groups (broad SMARTS) is 1. The number of nitrogens with one attached hydrogen (secondary N) is 1.